The molecule has 76 valence electrons. The van der Waals surface area contributed by atoms with Crippen molar-refractivity contribution in [3.05, 3.63) is 12.4 Å². The fourth-order valence-corrected chi connectivity index (χ4v) is 1.47. The summed E-state index contributed by atoms with van der Waals surface area (Å²) in [5.74, 6) is 0.800. The zero-order chi connectivity index (χ0) is 10.4. The number of nitrogen functional groups attached to an aromatic ring is 1. The number of nitrogens with zero attached hydrogens (tertiary/aromatic N) is 2. The minimum absolute atomic E-state index is 0.221. The van der Waals surface area contributed by atoms with E-state index < -0.39 is 0 Å². The van der Waals surface area contributed by atoms with Gasteiger partial charge in [-0.1, -0.05) is 0 Å². The summed E-state index contributed by atoms with van der Waals surface area (Å²) in [6.07, 6.45) is 3.44. The van der Waals surface area contributed by atoms with E-state index in [1.807, 2.05) is 0 Å². The van der Waals surface area contributed by atoms with Crippen molar-refractivity contribution < 1.29 is 9.53 Å². The molecule has 0 bridgehead atoms. The van der Waals surface area contributed by atoms with Crippen molar-refractivity contribution in [2.75, 3.05) is 18.6 Å². The number of anilines is 1. The normalized spacial score (nSPS) is 9.79. The Morgan fingerprint density at radius 1 is 1.57 bits per heavy atom. The first kappa shape index (κ1) is 10.8. The van der Waals surface area contributed by atoms with Gasteiger partial charge in [-0.15, -0.1) is 11.8 Å². The lowest BCUT2D eigenvalue weighted by atomic mass is 10.5. The van der Waals surface area contributed by atoms with Gasteiger partial charge in [-0.2, -0.15) is 0 Å². The first-order valence-corrected chi connectivity index (χ1v) is 4.98. The highest BCUT2D eigenvalue weighted by atomic mass is 32.2. The van der Waals surface area contributed by atoms with Gasteiger partial charge >= 0.3 is 5.97 Å². The Bertz CT molecular complexity index is 302. The number of nitrogens with two attached hydrogens (primary N) is 1. The van der Waals surface area contributed by atoms with Gasteiger partial charge in [0.2, 0.25) is 0 Å². The number of carbonyl (C=O) groups excluding carboxylic acids is 1. The molecule has 1 rings (SSSR count). The zero-order valence-electron chi connectivity index (χ0n) is 7.77. The van der Waals surface area contributed by atoms with E-state index in [-0.39, 0.29) is 5.97 Å². The predicted octanol–water partition coefficient (Wildman–Crippen LogP) is 0.714. The number of hydrogen-bond acceptors (Lipinski definition) is 6. The molecular formula is C8H11N3O2S. The van der Waals surface area contributed by atoms with Crippen LogP contribution in [0.1, 0.15) is 6.42 Å². The molecule has 0 atom stereocenters. The van der Waals surface area contributed by atoms with Gasteiger partial charge in [0, 0.05) is 5.75 Å². The van der Waals surface area contributed by atoms with Crippen LogP contribution in [-0.2, 0) is 9.53 Å². The standard InChI is InChI=1S/C8H11N3O2S/c1-13-8(12)2-3-14-7-5-10-6(9)4-11-7/h4-5H,2-3H2,1H3,(H2,9,10). The fourth-order valence-electron chi connectivity index (χ4n) is 0.742. The highest BCUT2D eigenvalue weighted by molar-refractivity contribution is 7.99. The van der Waals surface area contributed by atoms with E-state index in [4.69, 9.17) is 5.73 Å². The van der Waals surface area contributed by atoms with E-state index in [1.54, 1.807) is 6.20 Å². The summed E-state index contributed by atoms with van der Waals surface area (Å²) in [5.41, 5.74) is 5.37. The van der Waals surface area contributed by atoms with Crippen molar-refractivity contribution in [1.82, 2.24) is 9.97 Å². The summed E-state index contributed by atoms with van der Waals surface area (Å²) in [4.78, 5) is 18.7. The van der Waals surface area contributed by atoms with Crippen LogP contribution in [-0.4, -0.2) is 28.8 Å². The molecule has 0 aliphatic heterocycles. The minimum atomic E-state index is -0.221. The van der Waals surface area contributed by atoms with Crippen LogP contribution in [0.2, 0.25) is 0 Å². The van der Waals surface area contributed by atoms with Crippen molar-refractivity contribution >= 4 is 23.5 Å². The molecule has 0 unspecified atom stereocenters. The van der Waals surface area contributed by atoms with Crippen LogP contribution in [0.4, 0.5) is 5.82 Å². The van der Waals surface area contributed by atoms with Crippen molar-refractivity contribution in [3.8, 4) is 0 Å². The number of ether oxygens (including phenoxy) is 1. The van der Waals surface area contributed by atoms with Crippen LogP contribution in [0.5, 0.6) is 0 Å². The quantitative estimate of drug-likeness (QED) is 0.586. The molecule has 0 aromatic carbocycles. The number of rotatable bonds is 4. The monoisotopic (exact) mass is 213 g/mol. The third-order valence-corrected chi connectivity index (χ3v) is 2.35. The number of thioether (sulfide) groups is 1. The van der Waals surface area contributed by atoms with Gasteiger partial charge in [-0.25, -0.2) is 9.97 Å². The lowest BCUT2D eigenvalue weighted by Crippen LogP contribution is -2.01. The second kappa shape index (κ2) is 5.43. The Morgan fingerprint density at radius 3 is 2.93 bits per heavy atom. The summed E-state index contributed by atoms with van der Waals surface area (Å²) < 4.78 is 4.50. The van der Waals surface area contributed by atoms with Crippen molar-refractivity contribution in [1.29, 1.82) is 0 Å². The smallest absolute Gasteiger partial charge is 0.306 e. The van der Waals surface area contributed by atoms with E-state index in [1.165, 1.54) is 25.1 Å². The Labute approximate surface area is 86.1 Å². The molecule has 14 heavy (non-hydrogen) atoms. The van der Waals surface area contributed by atoms with E-state index in [0.29, 0.717) is 18.0 Å². The molecule has 0 saturated carbocycles. The lowest BCUT2D eigenvalue weighted by molar-refractivity contribution is -0.140. The molecule has 1 aromatic rings. The zero-order valence-corrected chi connectivity index (χ0v) is 8.58. The number of methoxy groups -OCH3 is 1. The molecule has 0 aliphatic carbocycles. The Hall–Kier alpha value is -1.30. The number of aromatic nitrogens is 2. The number of hydrogen-bond donors (Lipinski definition) is 1. The summed E-state index contributed by atoms with van der Waals surface area (Å²) in [5, 5.41) is 0.753. The maximum Gasteiger partial charge on any atom is 0.306 e. The molecule has 0 saturated heterocycles. The van der Waals surface area contributed by atoms with Crippen molar-refractivity contribution in [2.24, 2.45) is 0 Å². The van der Waals surface area contributed by atoms with Crippen LogP contribution >= 0.6 is 11.8 Å². The molecule has 6 heteroatoms. The highest BCUT2D eigenvalue weighted by Gasteiger charge is 2.01. The third-order valence-electron chi connectivity index (χ3n) is 1.43. The Balaban J connectivity index is 2.31. The van der Waals surface area contributed by atoms with Crippen LogP contribution in [0.15, 0.2) is 17.4 Å². The number of carbonyl (C=O) groups is 1. The van der Waals surface area contributed by atoms with Crippen LogP contribution in [0.3, 0.4) is 0 Å². The van der Waals surface area contributed by atoms with Crippen LogP contribution in [0.25, 0.3) is 0 Å². The van der Waals surface area contributed by atoms with E-state index >= 15 is 0 Å². The van der Waals surface area contributed by atoms with E-state index in [0.717, 1.165) is 5.03 Å². The van der Waals surface area contributed by atoms with Gasteiger partial charge in [0.1, 0.15) is 10.8 Å². The van der Waals surface area contributed by atoms with Crippen molar-refractivity contribution in [2.45, 2.75) is 11.4 Å². The largest absolute Gasteiger partial charge is 0.469 e. The first-order chi connectivity index (χ1) is 6.72. The predicted molar refractivity (Wildman–Crippen MR) is 53.8 cm³/mol. The molecule has 0 spiro atoms. The molecule has 1 aromatic heterocycles. The van der Waals surface area contributed by atoms with Gasteiger partial charge in [0.05, 0.1) is 25.9 Å². The summed E-state index contributed by atoms with van der Waals surface area (Å²) in [6.45, 7) is 0. The fraction of sp³-hybridized carbons (Fsp3) is 0.375. The highest BCUT2D eigenvalue weighted by Crippen LogP contribution is 2.15. The average Bonchev–Trinajstić information content (AvgIpc) is 2.21. The number of esters is 1. The minimum Gasteiger partial charge on any atom is -0.469 e. The molecular weight excluding hydrogens is 202 g/mol. The Kier molecular flexibility index (Phi) is 4.18. The van der Waals surface area contributed by atoms with Crippen molar-refractivity contribution in [3.63, 3.8) is 0 Å². The second-order valence-corrected chi connectivity index (χ2v) is 3.57. The van der Waals surface area contributed by atoms with Gasteiger partial charge in [-0.3, -0.25) is 4.79 Å². The summed E-state index contributed by atoms with van der Waals surface area (Å²) >= 11 is 1.44. The SMILES string of the molecule is COC(=O)CCSc1cnc(N)cn1. The van der Waals surface area contributed by atoms with E-state index in [2.05, 4.69) is 14.7 Å². The summed E-state index contributed by atoms with van der Waals surface area (Å²) in [7, 11) is 1.37. The molecule has 2 N–H and O–H groups in total. The van der Waals surface area contributed by atoms with Gasteiger partial charge in [0.25, 0.3) is 0 Å². The molecule has 0 aliphatic rings. The first-order valence-electron chi connectivity index (χ1n) is 3.99. The topological polar surface area (TPSA) is 78.1 Å². The maximum atomic E-state index is 10.8. The third kappa shape index (κ3) is 3.61. The molecule has 0 radical (unpaired) electrons. The molecule has 0 amide bonds. The van der Waals surface area contributed by atoms with Gasteiger partial charge < -0.3 is 10.5 Å². The Morgan fingerprint density at radius 2 is 2.36 bits per heavy atom. The van der Waals surface area contributed by atoms with Gasteiger partial charge in [-0.05, 0) is 0 Å². The average molecular weight is 213 g/mol. The van der Waals surface area contributed by atoms with E-state index in [9.17, 15) is 4.79 Å². The van der Waals surface area contributed by atoms with Crippen LogP contribution < -0.4 is 5.73 Å². The molecule has 5 nitrogen and oxygen atoms in total. The molecule has 1 heterocycles. The van der Waals surface area contributed by atoms with Gasteiger partial charge in [0.15, 0.2) is 0 Å². The van der Waals surface area contributed by atoms with Crippen LogP contribution in [0, 0.1) is 0 Å². The maximum absolute atomic E-state index is 10.8. The molecule has 0 fully saturated rings. The second-order valence-electron chi connectivity index (χ2n) is 2.45. The summed E-state index contributed by atoms with van der Waals surface area (Å²) in [6, 6.07) is 0. The lowest BCUT2D eigenvalue weighted by Gasteiger charge is -1.99.